The lowest BCUT2D eigenvalue weighted by molar-refractivity contribution is -0.0395. The number of carbonyl (C=O) groups excluding carboxylic acids is 1. The lowest BCUT2D eigenvalue weighted by Gasteiger charge is -2.34. The van der Waals surface area contributed by atoms with Crippen LogP contribution < -0.4 is 4.72 Å². The molecule has 0 saturated carbocycles. The number of sulfonamides is 1. The number of nitrogens with one attached hydrogen (secondary N) is 1. The predicted molar refractivity (Wildman–Crippen MR) is 111 cm³/mol. The summed E-state index contributed by atoms with van der Waals surface area (Å²) in [6.45, 7) is 7.50. The van der Waals surface area contributed by atoms with Gasteiger partial charge in [0.25, 0.3) is 20.2 Å². The molecule has 1 N–H and O–H groups in total. The number of hydrogen-bond acceptors (Lipinski definition) is 7. The van der Waals surface area contributed by atoms with Crippen LogP contribution in [0.25, 0.3) is 0 Å². The van der Waals surface area contributed by atoms with Crippen LogP contribution in [0.4, 0.5) is 4.79 Å². The molecular weight excluding hydrogens is 434 g/mol. The van der Waals surface area contributed by atoms with Gasteiger partial charge in [0.05, 0.1) is 24.2 Å². The summed E-state index contributed by atoms with van der Waals surface area (Å²) in [4.78, 5) is 13.5. The lowest BCUT2D eigenvalue weighted by Crippen LogP contribution is -2.52. The first-order valence-electron chi connectivity index (χ1n) is 9.37. The third-order valence-corrected chi connectivity index (χ3v) is 8.21. The van der Waals surface area contributed by atoms with E-state index in [2.05, 4.69) is 4.72 Å². The highest BCUT2D eigenvalue weighted by Gasteiger charge is 2.33. The number of aryl methyl sites for hydroxylation is 1. The van der Waals surface area contributed by atoms with Crippen molar-refractivity contribution >= 4 is 26.3 Å². The molecule has 1 aromatic carbocycles. The van der Waals surface area contributed by atoms with E-state index in [1.54, 1.807) is 39.8 Å². The zero-order valence-electron chi connectivity index (χ0n) is 17.8. The molecule has 0 bridgehead atoms. The van der Waals surface area contributed by atoms with Crippen molar-refractivity contribution in [2.45, 2.75) is 44.3 Å². The molecule has 0 aliphatic carbocycles. The Hall–Kier alpha value is -1.73. The first-order valence-corrected chi connectivity index (χ1v) is 12.3. The lowest BCUT2D eigenvalue weighted by atomic mass is 10.2. The zero-order valence-corrected chi connectivity index (χ0v) is 19.4. The fourth-order valence-corrected chi connectivity index (χ4v) is 5.42. The number of benzene rings is 1. The molecular formula is C18H29N3O7S2. The molecule has 1 aliphatic heterocycles. The highest BCUT2D eigenvalue weighted by Crippen LogP contribution is 2.18. The smallest absolute Gasteiger partial charge is 0.410 e. The standard InChI is InChI=1S/C18H29N3O7S2/c1-14-6-8-16(9-7-14)29(23,24)20(5)30(25,26)19-12-15-13-21(10-11-27-15)17(22)28-18(2,3)4/h6-9,15,19H,10-13H2,1-5H3/t15-/m1/s1. The fraction of sp³-hybridized carbons (Fsp3) is 0.611. The second-order valence-corrected chi connectivity index (χ2v) is 12.0. The second-order valence-electron chi connectivity index (χ2n) is 7.97. The SMILES string of the molecule is Cc1ccc(S(=O)(=O)N(C)S(=O)(=O)NC[C@@H]2CN(C(=O)OC(C)(C)C)CCO2)cc1. The molecule has 1 heterocycles. The molecule has 1 atom stereocenters. The number of ether oxygens (including phenoxy) is 2. The normalized spacial score (nSPS) is 18.5. The molecule has 12 heteroatoms. The summed E-state index contributed by atoms with van der Waals surface area (Å²) in [6, 6.07) is 5.86. The van der Waals surface area contributed by atoms with Crippen LogP contribution in [-0.2, 0) is 29.7 Å². The third kappa shape index (κ3) is 6.38. The monoisotopic (exact) mass is 463 g/mol. The molecule has 170 valence electrons. The molecule has 0 unspecified atom stereocenters. The van der Waals surface area contributed by atoms with Crippen LogP contribution >= 0.6 is 0 Å². The Bertz CT molecular complexity index is 954. The quantitative estimate of drug-likeness (QED) is 0.670. The van der Waals surface area contributed by atoms with Crippen LogP contribution in [0.5, 0.6) is 0 Å². The van der Waals surface area contributed by atoms with E-state index in [1.165, 1.54) is 17.0 Å². The highest BCUT2D eigenvalue weighted by molar-refractivity contribution is 8.03. The molecule has 1 aliphatic rings. The van der Waals surface area contributed by atoms with Crippen molar-refractivity contribution in [3.05, 3.63) is 29.8 Å². The molecule has 1 saturated heterocycles. The van der Waals surface area contributed by atoms with E-state index in [9.17, 15) is 21.6 Å². The largest absolute Gasteiger partial charge is 0.444 e. The topological polar surface area (TPSA) is 122 Å². The average Bonchev–Trinajstić information content (AvgIpc) is 2.65. The summed E-state index contributed by atoms with van der Waals surface area (Å²) in [5.41, 5.74) is 0.195. The zero-order chi connectivity index (χ0) is 22.7. The minimum Gasteiger partial charge on any atom is -0.444 e. The van der Waals surface area contributed by atoms with Crippen LogP contribution in [0.15, 0.2) is 29.2 Å². The molecule has 10 nitrogen and oxygen atoms in total. The van der Waals surface area contributed by atoms with Gasteiger partial charge in [-0.15, -0.1) is 0 Å². The van der Waals surface area contributed by atoms with E-state index in [4.69, 9.17) is 9.47 Å². The van der Waals surface area contributed by atoms with E-state index in [0.29, 0.717) is 10.3 Å². The molecule has 2 rings (SSSR count). The van der Waals surface area contributed by atoms with E-state index in [1.807, 2.05) is 0 Å². The Labute approximate surface area is 178 Å². The van der Waals surface area contributed by atoms with Crippen molar-refractivity contribution in [1.29, 1.82) is 0 Å². The van der Waals surface area contributed by atoms with Crippen molar-refractivity contribution < 1.29 is 31.1 Å². The Kier molecular flexibility index (Phi) is 7.51. The van der Waals surface area contributed by atoms with Crippen molar-refractivity contribution in [3.8, 4) is 0 Å². The van der Waals surface area contributed by atoms with Crippen LogP contribution in [0, 0.1) is 6.92 Å². The third-order valence-electron chi connectivity index (χ3n) is 4.28. The predicted octanol–water partition coefficient (Wildman–Crippen LogP) is 1.09. The molecule has 1 amide bonds. The Balaban J connectivity index is 2.01. The fourth-order valence-electron chi connectivity index (χ4n) is 2.61. The van der Waals surface area contributed by atoms with Crippen molar-refractivity contribution in [2.75, 3.05) is 33.3 Å². The van der Waals surface area contributed by atoms with Gasteiger partial charge in [-0.05, 0) is 39.8 Å². The van der Waals surface area contributed by atoms with E-state index < -0.39 is 38.0 Å². The van der Waals surface area contributed by atoms with Crippen LogP contribution in [0.3, 0.4) is 0 Å². The molecule has 1 fully saturated rings. The summed E-state index contributed by atoms with van der Waals surface area (Å²) in [5, 5.41) is 0. The molecule has 0 spiro atoms. The maximum absolute atomic E-state index is 12.6. The summed E-state index contributed by atoms with van der Waals surface area (Å²) in [5.74, 6) is 0. The van der Waals surface area contributed by atoms with Gasteiger partial charge in [0, 0.05) is 20.1 Å². The molecule has 0 radical (unpaired) electrons. The summed E-state index contributed by atoms with van der Waals surface area (Å²) >= 11 is 0. The minimum atomic E-state index is -4.36. The second kappa shape index (κ2) is 9.18. The van der Waals surface area contributed by atoms with E-state index in [-0.39, 0.29) is 24.6 Å². The Morgan fingerprint density at radius 3 is 2.40 bits per heavy atom. The average molecular weight is 464 g/mol. The number of nitrogens with zero attached hydrogens (tertiary/aromatic N) is 2. The first-order chi connectivity index (χ1) is 13.7. The number of amides is 1. The van der Waals surface area contributed by atoms with E-state index >= 15 is 0 Å². The molecule has 0 aromatic heterocycles. The van der Waals surface area contributed by atoms with Gasteiger partial charge >= 0.3 is 6.09 Å². The van der Waals surface area contributed by atoms with Gasteiger partial charge in [-0.25, -0.2) is 13.2 Å². The number of carbonyl (C=O) groups is 1. The van der Waals surface area contributed by atoms with Gasteiger partial charge < -0.3 is 14.4 Å². The number of rotatable bonds is 6. The van der Waals surface area contributed by atoms with Crippen LogP contribution in [-0.4, -0.2) is 76.5 Å². The molecule has 1 aromatic rings. The van der Waals surface area contributed by atoms with E-state index in [0.717, 1.165) is 12.6 Å². The van der Waals surface area contributed by atoms with Crippen LogP contribution in [0.1, 0.15) is 26.3 Å². The maximum Gasteiger partial charge on any atom is 0.410 e. The van der Waals surface area contributed by atoms with Crippen molar-refractivity contribution in [2.24, 2.45) is 0 Å². The Morgan fingerprint density at radius 1 is 1.23 bits per heavy atom. The van der Waals surface area contributed by atoms with Crippen molar-refractivity contribution in [3.63, 3.8) is 0 Å². The van der Waals surface area contributed by atoms with Crippen molar-refractivity contribution in [1.82, 2.24) is 13.3 Å². The molecule has 30 heavy (non-hydrogen) atoms. The van der Waals surface area contributed by atoms with Gasteiger partial charge in [-0.1, -0.05) is 21.4 Å². The summed E-state index contributed by atoms with van der Waals surface area (Å²) in [7, 11) is -7.65. The van der Waals surface area contributed by atoms with Crippen LogP contribution in [0.2, 0.25) is 0 Å². The summed E-state index contributed by atoms with van der Waals surface area (Å²) in [6.07, 6.45) is -1.16. The maximum atomic E-state index is 12.6. The van der Waals surface area contributed by atoms with Gasteiger partial charge in [0.15, 0.2) is 0 Å². The Morgan fingerprint density at radius 2 is 1.83 bits per heavy atom. The van der Waals surface area contributed by atoms with Gasteiger partial charge in [-0.2, -0.15) is 13.1 Å². The number of morpholine rings is 1. The number of hydrogen-bond donors (Lipinski definition) is 1. The highest BCUT2D eigenvalue weighted by atomic mass is 32.3. The first kappa shape index (κ1) is 24.5. The minimum absolute atomic E-state index is 0.117. The summed E-state index contributed by atoms with van der Waals surface area (Å²) < 4.78 is 63.7. The van der Waals surface area contributed by atoms with Gasteiger partial charge in [-0.3, -0.25) is 0 Å². The van der Waals surface area contributed by atoms with Gasteiger partial charge in [0.1, 0.15) is 5.60 Å². The van der Waals surface area contributed by atoms with Gasteiger partial charge in [0.2, 0.25) is 0 Å².